The Labute approximate surface area is 216 Å². The number of ether oxygens (including phenoxy) is 2. The van der Waals surface area contributed by atoms with E-state index >= 15 is 0 Å². The Hall–Kier alpha value is -3.46. The molecule has 0 saturated heterocycles. The molecule has 0 bridgehead atoms. The molecule has 0 radical (unpaired) electrons. The van der Waals surface area contributed by atoms with Gasteiger partial charge in [0.05, 0.1) is 25.0 Å². The van der Waals surface area contributed by atoms with Gasteiger partial charge in [-0.15, -0.1) is 5.10 Å². The number of aromatic nitrogens is 3. The van der Waals surface area contributed by atoms with Crippen molar-refractivity contribution in [2.24, 2.45) is 0 Å². The molecule has 4 rings (SSSR count). The second-order valence-electron chi connectivity index (χ2n) is 8.47. The molecule has 1 atom stereocenters. The molecular weight excluding hydrogens is 474 g/mol. The second-order valence-corrected chi connectivity index (χ2v) is 9.53. The van der Waals surface area contributed by atoms with E-state index in [-0.39, 0.29) is 5.91 Å². The topological polar surface area (TPSA) is 90.3 Å². The molecule has 1 aliphatic rings. The van der Waals surface area contributed by atoms with Gasteiger partial charge < -0.3 is 20.1 Å². The molecule has 2 N–H and O–H groups in total. The number of hydrogen-bond donors (Lipinski definition) is 2. The highest BCUT2D eigenvalue weighted by Crippen LogP contribution is 2.40. The van der Waals surface area contributed by atoms with Gasteiger partial charge in [0.15, 0.2) is 0 Å². The lowest BCUT2D eigenvalue weighted by Crippen LogP contribution is -2.32. The number of amides is 1. The average Bonchev–Trinajstić information content (AvgIpc) is 3.29. The molecule has 2 aromatic carbocycles. The van der Waals surface area contributed by atoms with Crippen LogP contribution in [0, 0.1) is 0 Å². The number of nitrogens with zero attached hydrogens (tertiary/aromatic N) is 3. The number of benzene rings is 2. The summed E-state index contributed by atoms with van der Waals surface area (Å²) in [5.74, 6) is 2.60. The number of carbonyl (C=O) groups excluding carboxylic acids is 1. The summed E-state index contributed by atoms with van der Waals surface area (Å²) in [6.45, 7) is 6.75. The van der Waals surface area contributed by atoms with Crippen LogP contribution in [0.2, 0.25) is 0 Å². The van der Waals surface area contributed by atoms with Gasteiger partial charge >= 0.3 is 0 Å². The van der Waals surface area contributed by atoms with Crippen LogP contribution >= 0.6 is 11.8 Å². The Kier molecular flexibility index (Phi) is 8.53. The second kappa shape index (κ2) is 12.0. The van der Waals surface area contributed by atoms with Gasteiger partial charge in [-0.25, -0.2) is 4.68 Å². The highest BCUT2D eigenvalue weighted by Gasteiger charge is 2.36. The van der Waals surface area contributed by atoms with Crippen molar-refractivity contribution in [2.75, 3.05) is 30.1 Å². The molecule has 36 heavy (non-hydrogen) atoms. The Morgan fingerprint density at radius 1 is 1.11 bits per heavy atom. The van der Waals surface area contributed by atoms with Gasteiger partial charge in [-0.3, -0.25) is 4.79 Å². The largest absolute Gasteiger partial charge is 0.495 e. The number of unbranched alkanes of at least 4 members (excludes halogenated alkanes) is 1. The molecule has 1 unspecified atom stereocenters. The molecule has 190 valence electrons. The van der Waals surface area contributed by atoms with Gasteiger partial charge in [0.2, 0.25) is 11.1 Å². The summed E-state index contributed by atoms with van der Waals surface area (Å²) >= 11 is 1.60. The Balaban J connectivity index is 1.78. The van der Waals surface area contributed by atoms with Gasteiger partial charge in [-0.1, -0.05) is 62.4 Å². The summed E-state index contributed by atoms with van der Waals surface area (Å²) in [6.07, 6.45) is 3.00. The molecule has 9 heteroatoms. The molecule has 1 aromatic heterocycles. The molecule has 0 aliphatic carbocycles. The normalized spacial score (nSPS) is 14.7. The monoisotopic (exact) mass is 507 g/mol. The predicted molar refractivity (Wildman–Crippen MR) is 144 cm³/mol. The molecule has 2 heterocycles. The maximum absolute atomic E-state index is 13.8. The number of carbonyl (C=O) groups is 1. The summed E-state index contributed by atoms with van der Waals surface area (Å²) in [6, 6.07) is 14.7. The first kappa shape index (κ1) is 25.6. The van der Waals surface area contributed by atoms with Crippen LogP contribution < -0.4 is 20.1 Å². The lowest BCUT2D eigenvalue weighted by atomic mass is 9.94. The smallest absolute Gasteiger partial charge is 0.255 e. The zero-order valence-corrected chi connectivity index (χ0v) is 22.0. The molecule has 0 spiro atoms. The van der Waals surface area contributed by atoms with Crippen LogP contribution in [0.25, 0.3) is 0 Å². The van der Waals surface area contributed by atoms with E-state index < -0.39 is 6.04 Å². The molecule has 0 fully saturated rings. The number of fused-ring (bicyclic) bond motifs is 1. The first-order chi connectivity index (χ1) is 17.6. The van der Waals surface area contributed by atoms with E-state index in [1.54, 1.807) is 23.6 Å². The van der Waals surface area contributed by atoms with Crippen LogP contribution in [0.3, 0.4) is 0 Å². The van der Waals surface area contributed by atoms with Crippen LogP contribution in [0.4, 0.5) is 11.6 Å². The fourth-order valence-electron chi connectivity index (χ4n) is 4.07. The van der Waals surface area contributed by atoms with Crippen molar-refractivity contribution in [3.05, 3.63) is 65.4 Å². The number of methoxy groups -OCH3 is 1. The van der Waals surface area contributed by atoms with Crippen molar-refractivity contribution >= 4 is 29.3 Å². The lowest BCUT2D eigenvalue weighted by molar-refractivity contribution is -0.113. The third kappa shape index (κ3) is 5.51. The van der Waals surface area contributed by atoms with E-state index in [4.69, 9.17) is 19.6 Å². The maximum atomic E-state index is 13.8. The molecular formula is C27H33N5O3S. The Morgan fingerprint density at radius 2 is 1.86 bits per heavy atom. The zero-order valence-electron chi connectivity index (χ0n) is 21.2. The van der Waals surface area contributed by atoms with Crippen LogP contribution in [0.5, 0.6) is 11.5 Å². The SMILES string of the molecule is CCCCOc1ccccc1C1C(C(=O)Nc2ccccc2OC)=C(C)Nc2nc(SCCC)nn21. The average molecular weight is 508 g/mol. The van der Waals surface area contributed by atoms with Gasteiger partial charge in [0.25, 0.3) is 5.91 Å². The summed E-state index contributed by atoms with van der Waals surface area (Å²) in [4.78, 5) is 18.5. The number of hydrogen-bond acceptors (Lipinski definition) is 7. The predicted octanol–water partition coefficient (Wildman–Crippen LogP) is 5.90. The van der Waals surface area contributed by atoms with Gasteiger partial charge in [-0.2, -0.15) is 4.98 Å². The van der Waals surface area contributed by atoms with Crippen molar-refractivity contribution in [3.8, 4) is 11.5 Å². The van der Waals surface area contributed by atoms with Crippen molar-refractivity contribution in [1.82, 2.24) is 14.8 Å². The van der Waals surface area contributed by atoms with Gasteiger partial charge in [-0.05, 0) is 38.0 Å². The van der Waals surface area contributed by atoms with E-state index in [1.165, 1.54) is 0 Å². The molecule has 1 amide bonds. The fraction of sp³-hybridized carbons (Fsp3) is 0.370. The van der Waals surface area contributed by atoms with Crippen molar-refractivity contribution in [3.63, 3.8) is 0 Å². The van der Waals surface area contributed by atoms with Crippen LogP contribution in [0.15, 0.2) is 65.0 Å². The standard InChI is InChI=1S/C27H33N5O3S/c1-5-7-16-35-21-14-10-8-12-19(21)24-23(25(33)29-20-13-9-11-15-22(20)34-4)18(3)28-26-30-27(31-32(24)26)36-17-6-2/h8-15,24H,5-7,16-17H2,1-4H3,(H,29,33)(H,28,30,31). The van der Waals surface area contributed by atoms with E-state index in [1.807, 2.05) is 55.5 Å². The molecule has 3 aromatic rings. The van der Waals surface area contributed by atoms with Crippen LogP contribution in [0.1, 0.15) is 51.6 Å². The van der Waals surface area contributed by atoms with E-state index in [0.29, 0.717) is 40.4 Å². The van der Waals surface area contributed by atoms with E-state index in [0.717, 1.165) is 36.3 Å². The summed E-state index contributed by atoms with van der Waals surface area (Å²) < 4.78 is 13.4. The highest BCUT2D eigenvalue weighted by molar-refractivity contribution is 7.99. The Morgan fingerprint density at radius 3 is 2.61 bits per heavy atom. The summed E-state index contributed by atoms with van der Waals surface area (Å²) in [5, 5.41) is 11.8. The molecule has 0 saturated carbocycles. The summed E-state index contributed by atoms with van der Waals surface area (Å²) in [5.41, 5.74) is 2.71. The number of rotatable bonds is 11. The van der Waals surface area contributed by atoms with Crippen molar-refractivity contribution in [2.45, 2.75) is 51.2 Å². The van der Waals surface area contributed by atoms with Crippen molar-refractivity contribution < 1.29 is 14.3 Å². The van der Waals surface area contributed by atoms with E-state index in [9.17, 15) is 4.79 Å². The lowest BCUT2D eigenvalue weighted by Gasteiger charge is -2.29. The quantitative estimate of drug-likeness (QED) is 0.247. The number of allylic oxidation sites excluding steroid dienone is 1. The number of nitrogens with one attached hydrogen (secondary N) is 2. The fourth-order valence-corrected chi connectivity index (χ4v) is 4.75. The maximum Gasteiger partial charge on any atom is 0.255 e. The van der Waals surface area contributed by atoms with Gasteiger partial charge in [0, 0.05) is 17.0 Å². The van der Waals surface area contributed by atoms with Gasteiger partial charge in [0.1, 0.15) is 17.5 Å². The zero-order chi connectivity index (χ0) is 25.5. The Bertz CT molecular complexity index is 1240. The van der Waals surface area contributed by atoms with Crippen LogP contribution in [-0.2, 0) is 4.79 Å². The number of para-hydroxylation sites is 3. The van der Waals surface area contributed by atoms with Crippen LogP contribution in [-0.4, -0.2) is 40.1 Å². The third-order valence-electron chi connectivity index (χ3n) is 5.84. The number of thioether (sulfide) groups is 1. The first-order valence-corrected chi connectivity index (χ1v) is 13.3. The third-order valence-corrected chi connectivity index (χ3v) is 6.88. The minimum absolute atomic E-state index is 0.248. The van der Waals surface area contributed by atoms with Crippen molar-refractivity contribution in [1.29, 1.82) is 0 Å². The number of anilines is 2. The summed E-state index contributed by atoms with van der Waals surface area (Å²) in [7, 11) is 1.58. The molecule has 8 nitrogen and oxygen atoms in total. The minimum atomic E-state index is -0.516. The highest BCUT2D eigenvalue weighted by atomic mass is 32.2. The minimum Gasteiger partial charge on any atom is -0.495 e. The van der Waals surface area contributed by atoms with E-state index in [2.05, 4.69) is 24.5 Å². The molecule has 1 aliphatic heterocycles. The first-order valence-electron chi connectivity index (χ1n) is 12.3.